The van der Waals surface area contributed by atoms with Crippen LogP contribution in [-0.4, -0.2) is 79.8 Å². The number of aliphatic hydroxyl groups is 1. The van der Waals surface area contributed by atoms with Gasteiger partial charge < -0.3 is 30.7 Å². The van der Waals surface area contributed by atoms with E-state index in [1.54, 1.807) is 17.0 Å². The first kappa shape index (κ1) is 30.1. The minimum Gasteiger partial charge on any atom is -0.449 e. The summed E-state index contributed by atoms with van der Waals surface area (Å²) < 4.78 is 47.3. The summed E-state index contributed by atoms with van der Waals surface area (Å²) in [5.74, 6) is -0.722. The first-order valence-corrected chi connectivity index (χ1v) is 14.5. The van der Waals surface area contributed by atoms with Crippen LogP contribution >= 0.6 is 0 Å². The van der Waals surface area contributed by atoms with E-state index in [4.69, 9.17) is 4.74 Å². The predicted octanol–water partition coefficient (Wildman–Crippen LogP) is 3.77. The maximum absolute atomic E-state index is 13.9. The normalized spacial score (nSPS) is 21.6. The smallest absolute Gasteiger partial charge is 0.434 e. The van der Waals surface area contributed by atoms with Gasteiger partial charge in [0.2, 0.25) is 12.1 Å². The van der Waals surface area contributed by atoms with Gasteiger partial charge in [0.25, 0.3) is 5.91 Å². The quantitative estimate of drug-likeness (QED) is 0.352. The van der Waals surface area contributed by atoms with Crippen molar-refractivity contribution in [2.45, 2.75) is 50.6 Å². The number of anilines is 2. The molecule has 12 heteroatoms. The molecule has 1 aromatic heterocycles. The number of nitrogens with one attached hydrogen (secondary N) is 3. The maximum atomic E-state index is 13.9. The summed E-state index contributed by atoms with van der Waals surface area (Å²) in [4.78, 5) is 21.3. The average Bonchev–Trinajstić information content (AvgIpc) is 3.48. The molecule has 0 bridgehead atoms. The molecular formula is C30H39F3N6O3. The van der Waals surface area contributed by atoms with Crippen molar-refractivity contribution in [3.05, 3.63) is 65.7 Å². The molecule has 2 fully saturated rings. The number of nitrogens with zero attached hydrogens (tertiary/aromatic N) is 3. The Bertz CT molecular complexity index is 1230. The molecule has 3 aliphatic rings. The summed E-state index contributed by atoms with van der Waals surface area (Å²) >= 11 is 0. The molecule has 4 N–H and O–H groups in total. The van der Waals surface area contributed by atoms with Crippen molar-refractivity contribution >= 4 is 17.4 Å². The molecule has 0 spiro atoms. The van der Waals surface area contributed by atoms with Crippen LogP contribution in [0.1, 0.15) is 43.6 Å². The first-order valence-electron chi connectivity index (χ1n) is 14.5. The summed E-state index contributed by atoms with van der Waals surface area (Å²) in [6, 6.07) is 13.4. The van der Waals surface area contributed by atoms with E-state index in [0.717, 1.165) is 51.7 Å². The van der Waals surface area contributed by atoms with Crippen molar-refractivity contribution in [2.75, 3.05) is 56.6 Å². The maximum Gasteiger partial charge on any atom is 0.434 e. The molecule has 0 saturated carbocycles. The number of allylic oxidation sites excluding steroid dienone is 1. The summed E-state index contributed by atoms with van der Waals surface area (Å²) in [5.41, 5.74) is 0.194. The van der Waals surface area contributed by atoms with E-state index in [-0.39, 0.29) is 17.7 Å². The number of hydrogen-bond acceptors (Lipinski definition) is 8. The van der Waals surface area contributed by atoms with E-state index >= 15 is 0 Å². The highest BCUT2D eigenvalue weighted by atomic mass is 19.4. The fourth-order valence-corrected chi connectivity index (χ4v) is 6.05. The van der Waals surface area contributed by atoms with Gasteiger partial charge in [0.15, 0.2) is 5.70 Å². The van der Waals surface area contributed by atoms with Crippen LogP contribution in [0.3, 0.4) is 0 Å². The lowest BCUT2D eigenvalue weighted by atomic mass is 9.76. The van der Waals surface area contributed by atoms with Crippen LogP contribution in [0.4, 0.5) is 24.7 Å². The Morgan fingerprint density at radius 1 is 1.12 bits per heavy atom. The highest BCUT2D eigenvalue weighted by Crippen LogP contribution is 2.37. The summed E-state index contributed by atoms with van der Waals surface area (Å²) in [6.07, 6.45) is -0.309. The number of ether oxygens (including phenoxy) is 1. The highest BCUT2D eigenvalue weighted by Gasteiger charge is 2.47. The minimum absolute atomic E-state index is 0.109. The molecule has 4 heterocycles. The molecule has 2 aromatic rings. The van der Waals surface area contributed by atoms with Crippen molar-refractivity contribution in [1.29, 1.82) is 0 Å². The number of hydrogen-bond donors (Lipinski definition) is 4. The minimum atomic E-state index is -4.78. The van der Waals surface area contributed by atoms with E-state index in [1.807, 2.05) is 25.2 Å². The second-order valence-corrected chi connectivity index (χ2v) is 11.4. The number of carbonyl (C=O) groups excluding carboxylic acids is 1. The number of aromatic nitrogens is 1. The number of alkyl halides is 3. The van der Waals surface area contributed by atoms with Crippen LogP contribution in [-0.2, 0) is 9.53 Å². The molecule has 1 amide bonds. The van der Waals surface area contributed by atoms with E-state index in [1.165, 1.54) is 11.8 Å². The molecule has 42 heavy (non-hydrogen) atoms. The van der Waals surface area contributed by atoms with Crippen LogP contribution in [0.25, 0.3) is 0 Å². The lowest BCUT2D eigenvalue weighted by molar-refractivity contribution is -0.119. The third-order valence-corrected chi connectivity index (χ3v) is 8.74. The Morgan fingerprint density at radius 2 is 1.83 bits per heavy atom. The number of rotatable bonds is 9. The molecule has 0 radical (unpaired) electrons. The van der Waals surface area contributed by atoms with E-state index in [0.29, 0.717) is 24.8 Å². The number of piperidine rings is 2. The van der Waals surface area contributed by atoms with Gasteiger partial charge in [0, 0.05) is 32.8 Å². The second kappa shape index (κ2) is 12.9. The van der Waals surface area contributed by atoms with Crippen molar-refractivity contribution < 1.29 is 27.8 Å². The van der Waals surface area contributed by atoms with Crippen LogP contribution in [0.15, 0.2) is 60.1 Å². The first-order chi connectivity index (χ1) is 20.2. The highest BCUT2D eigenvalue weighted by molar-refractivity contribution is 6.03. The number of aliphatic hydroxyl groups excluding tert-OH is 1. The molecule has 1 atom stereocenters. The number of amides is 1. The monoisotopic (exact) mass is 588 g/mol. The van der Waals surface area contributed by atoms with Crippen LogP contribution in [0.5, 0.6) is 0 Å². The third kappa shape index (κ3) is 6.82. The Morgan fingerprint density at radius 3 is 2.43 bits per heavy atom. The van der Waals surface area contributed by atoms with Crippen molar-refractivity contribution in [3.63, 3.8) is 0 Å². The Labute approximate surface area is 244 Å². The zero-order valence-electron chi connectivity index (χ0n) is 23.8. The molecule has 9 nitrogen and oxygen atoms in total. The summed E-state index contributed by atoms with van der Waals surface area (Å²) in [7, 11) is 1.90. The predicted molar refractivity (Wildman–Crippen MR) is 153 cm³/mol. The van der Waals surface area contributed by atoms with Gasteiger partial charge in [-0.3, -0.25) is 9.69 Å². The van der Waals surface area contributed by atoms with Crippen molar-refractivity contribution in [3.8, 4) is 0 Å². The Hall–Kier alpha value is -3.35. The molecular weight excluding hydrogens is 549 g/mol. The van der Waals surface area contributed by atoms with Gasteiger partial charge >= 0.3 is 6.18 Å². The number of halogens is 3. The third-order valence-electron chi connectivity index (χ3n) is 8.74. The molecule has 2 saturated heterocycles. The van der Waals surface area contributed by atoms with Gasteiger partial charge in [0.1, 0.15) is 5.82 Å². The lowest BCUT2D eigenvalue weighted by Crippen LogP contribution is -2.48. The van der Waals surface area contributed by atoms with Crippen LogP contribution < -0.4 is 20.9 Å². The zero-order valence-corrected chi connectivity index (χ0v) is 23.8. The van der Waals surface area contributed by atoms with Crippen molar-refractivity contribution in [1.82, 2.24) is 20.5 Å². The van der Waals surface area contributed by atoms with E-state index in [2.05, 4.69) is 38.0 Å². The van der Waals surface area contributed by atoms with Gasteiger partial charge in [0.05, 0.1) is 11.9 Å². The molecule has 1 unspecified atom stereocenters. The van der Waals surface area contributed by atoms with Gasteiger partial charge in [-0.1, -0.05) is 30.3 Å². The average molecular weight is 589 g/mol. The molecule has 0 aliphatic carbocycles. The Balaban J connectivity index is 1.18. The fraction of sp³-hybridized carbons (Fsp3) is 0.533. The van der Waals surface area contributed by atoms with Gasteiger partial charge in [-0.2, -0.15) is 13.2 Å². The van der Waals surface area contributed by atoms with Crippen molar-refractivity contribution in [2.24, 2.45) is 5.41 Å². The van der Waals surface area contributed by atoms with Crippen LogP contribution in [0.2, 0.25) is 0 Å². The summed E-state index contributed by atoms with van der Waals surface area (Å²) in [6.45, 7) is 3.51. The Kier molecular flexibility index (Phi) is 9.24. The molecule has 1 aromatic carbocycles. The van der Waals surface area contributed by atoms with Gasteiger partial charge in [-0.15, -0.1) is 0 Å². The largest absolute Gasteiger partial charge is 0.449 e. The fourth-order valence-electron chi connectivity index (χ4n) is 6.05. The molecule has 228 valence electrons. The van der Waals surface area contributed by atoms with E-state index in [9.17, 15) is 23.1 Å². The van der Waals surface area contributed by atoms with Crippen LogP contribution in [0, 0.1) is 5.41 Å². The van der Waals surface area contributed by atoms with Gasteiger partial charge in [-0.05, 0) is 74.7 Å². The van der Waals surface area contributed by atoms with E-state index < -0.39 is 29.9 Å². The standard InChI is InChI=1S/C30H39F3N6O3/c1-34-14-11-29(20-40)12-17-38(18-13-29)24-8-7-23(19-35-24)36-27(41)25-26(30(31,32)33)37-28(42-25)39-15-9-22(10-16-39)21-5-3-2-4-6-21/h2-8,19,22,28,34,37,40H,9-18,20H2,1H3,(H,36,41). The number of carbonyl (C=O) groups is 1. The molecule has 5 rings (SSSR count). The number of pyridine rings is 1. The van der Waals surface area contributed by atoms with Gasteiger partial charge in [-0.25, -0.2) is 4.98 Å². The second-order valence-electron chi connectivity index (χ2n) is 11.4. The SMILES string of the molecule is CNCCC1(CO)CCN(c2ccc(NC(=O)C3=C(C(F)(F)F)NC(N4CCC(c5ccccc5)CC4)O3)cn2)CC1. The number of likely N-dealkylation sites (tertiary alicyclic amines) is 1. The lowest BCUT2D eigenvalue weighted by Gasteiger charge is -2.41. The summed E-state index contributed by atoms with van der Waals surface area (Å²) in [5, 5.41) is 18.0. The number of benzene rings is 1. The zero-order chi connectivity index (χ0) is 29.7. The molecule has 3 aliphatic heterocycles. The topological polar surface area (TPSA) is 102 Å².